The van der Waals surface area contributed by atoms with Gasteiger partial charge in [-0.3, -0.25) is 4.79 Å². The molecule has 1 saturated heterocycles. The van der Waals surface area contributed by atoms with E-state index < -0.39 is 0 Å². The Kier molecular flexibility index (Phi) is 4.96. The summed E-state index contributed by atoms with van der Waals surface area (Å²) in [6, 6.07) is 16.4. The zero-order valence-electron chi connectivity index (χ0n) is 14.5. The van der Waals surface area contributed by atoms with Gasteiger partial charge < -0.3 is 15.2 Å². The average molecular weight is 368 g/mol. The molecule has 1 aliphatic heterocycles. The number of benzene rings is 2. The van der Waals surface area contributed by atoms with Crippen molar-refractivity contribution in [2.75, 3.05) is 19.6 Å². The van der Waals surface area contributed by atoms with E-state index in [2.05, 4.69) is 34.6 Å². The number of hydrogen-bond donors (Lipinski definition) is 2. The van der Waals surface area contributed by atoms with Crippen LogP contribution in [0.15, 0.2) is 54.7 Å². The van der Waals surface area contributed by atoms with Crippen LogP contribution in [0.25, 0.3) is 10.9 Å². The minimum Gasteiger partial charge on any atom is -0.361 e. The van der Waals surface area contributed by atoms with E-state index in [1.807, 2.05) is 35.4 Å². The number of amides is 1. The number of aromatic amines is 1. The van der Waals surface area contributed by atoms with E-state index in [0.717, 1.165) is 30.0 Å². The molecule has 2 aromatic carbocycles. The molecule has 0 radical (unpaired) electrons. The Morgan fingerprint density at radius 2 is 2.00 bits per heavy atom. The number of nitrogens with zero attached hydrogens (tertiary/aromatic N) is 1. The maximum atomic E-state index is 12.7. The molecule has 1 unspecified atom stereocenters. The molecular formula is C21H22ClN3O. The Morgan fingerprint density at radius 1 is 1.15 bits per heavy atom. The molecule has 1 amide bonds. The first-order valence-corrected chi connectivity index (χ1v) is 9.39. The van der Waals surface area contributed by atoms with Gasteiger partial charge in [-0.1, -0.05) is 29.8 Å². The van der Waals surface area contributed by atoms with E-state index in [-0.39, 0.29) is 11.9 Å². The van der Waals surface area contributed by atoms with Crippen LogP contribution >= 0.6 is 11.6 Å². The van der Waals surface area contributed by atoms with Crippen LogP contribution in [0.3, 0.4) is 0 Å². The molecule has 2 N–H and O–H groups in total. The maximum absolute atomic E-state index is 12.7. The second-order valence-corrected chi connectivity index (χ2v) is 7.23. The molecule has 4 nitrogen and oxygen atoms in total. The summed E-state index contributed by atoms with van der Waals surface area (Å²) in [5, 5.41) is 5.42. The van der Waals surface area contributed by atoms with Crippen LogP contribution in [0.1, 0.15) is 23.6 Å². The highest BCUT2D eigenvalue weighted by Gasteiger charge is 2.24. The van der Waals surface area contributed by atoms with Crippen molar-refractivity contribution in [1.29, 1.82) is 0 Å². The van der Waals surface area contributed by atoms with Crippen molar-refractivity contribution >= 4 is 28.4 Å². The Bertz CT molecular complexity index is 903. The summed E-state index contributed by atoms with van der Waals surface area (Å²) in [6.45, 7) is 2.28. The van der Waals surface area contributed by atoms with E-state index in [1.54, 1.807) is 0 Å². The highest BCUT2D eigenvalue weighted by atomic mass is 35.5. The third-order valence-electron chi connectivity index (χ3n) is 5.05. The third kappa shape index (κ3) is 3.76. The number of hydrogen-bond acceptors (Lipinski definition) is 2. The summed E-state index contributed by atoms with van der Waals surface area (Å²) in [5.41, 5.74) is 3.51. The maximum Gasteiger partial charge on any atom is 0.223 e. The topological polar surface area (TPSA) is 48.1 Å². The van der Waals surface area contributed by atoms with Crippen molar-refractivity contribution in [1.82, 2.24) is 15.2 Å². The normalized spacial score (nSPS) is 17.6. The summed E-state index contributed by atoms with van der Waals surface area (Å²) >= 11 is 5.97. The zero-order valence-corrected chi connectivity index (χ0v) is 15.3. The van der Waals surface area contributed by atoms with E-state index in [1.165, 1.54) is 16.5 Å². The van der Waals surface area contributed by atoms with Crippen molar-refractivity contribution in [2.24, 2.45) is 0 Å². The van der Waals surface area contributed by atoms with Gasteiger partial charge in [0.25, 0.3) is 0 Å². The number of H-pyrrole nitrogens is 1. The number of rotatable bonds is 4. The monoisotopic (exact) mass is 367 g/mol. The van der Waals surface area contributed by atoms with Gasteiger partial charge in [-0.15, -0.1) is 0 Å². The van der Waals surface area contributed by atoms with Gasteiger partial charge in [-0.25, -0.2) is 0 Å². The van der Waals surface area contributed by atoms with Crippen molar-refractivity contribution in [2.45, 2.75) is 18.9 Å². The van der Waals surface area contributed by atoms with Gasteiger partial charge in [-0.05, 0) is 53.3 Å². The lowest BCUT2D eigenvalue weighted by Crippen LogP contribution is -2.48. The Balaban J connectivity index is 1.37. The lowest BCUT2D eigenvalue weighted by Gasteiger charge is -2.34. The molecule has 0 saturated carbocycles. The van der Waals surface area contributed by atoms with Crippen LogP contribution in [0.2, 0.25) is 5.02 Å². The number of nitrogens with one attached hydrogen (secondary N) is 2. The summed E-state index contributed by atoms with van der Waals surface area (Å²) in [7, 11) is 0. The molecule has 1 fully saturated rings. The number of fused-ring (bicyclic) bond motifs is 1. The quantitative estimate of drug-likeness (QED) is 0.734. The minimum absolute atomic E-state index is 0.168. The van der Waals surface area contributed by atoms with Crippen molar-refractivity contribution in [3.63, 3.8) is 0 Å². The fourth-order valence-corrected chi connectivity index (χ4v) is 3.69. The SMILES string of the molecule is O=C(CCc1ccc2[nH]ccc2c1)N1CCNC(c2ccc(Cl)cc2)C1. The predicted octanol–water partition coefficient (Wildman–Crippen LogP) is 3.93. The first-order chi connectivity index (χ1) is 12.7. The van der Waals surface area contributed by atoms with Crippen LogP contribution < -0.4 is 5.32 Å². The lowest BCUT2D eigenvalue weighted by atomic mass is 10.0. The van der Waals surface area contributed by atoms with Gasteiger partial charge in [-0.2, -0.15) is 0 Å². The predicted molar refractivity (Wildman–Crippen MR) is 105 cm³/mol. The average Bonchev–Trinajstić information content (AvgIpc) is 3.14. The molecular weight excluding hydrogens is 346 g/mol. The molecule has 3 aromatic rings. The molecule has 0 bridgehead atoms. The Hall–Kier alpha value is -2.30. The van der Waals surface area contributed by atoms with Gasteiger partial charge in [0.1, 0.15) is 0 Å². The zero-order chi connectivity index (χ0) is 17.9. The molecule has 1 aliphatic rings. The van der Waals surface area contributed by atoms with Crippen LogP contribution in [-0.4, -0.2) is 35.4 Å². The first kappa shape index (κ1) is 17.1. The van der Waals surface area contributed by atoms with Gasteiger partial charge in [0.15, 0.2) is 0 Å². The summed E-state index contributed by atoms with van der Waals surface area (Å²) in [6.07, 6.45) is 3.26. The fraction of sp³-hybridized carbons (Fsp3) is 0.286. The number of aromatic nitrogens is 1. The largest absolute Gasteiger partial charge is 0.361 e. The van der Waals surface area contributed by atoms with Crippen LogP contribution in [-0.2, 0) is 11.2 Å². The highest BCUT2D eigenvalue weighted by molar-refractivity contribution is 6.30. The third-order valence-corrected chi connectivity index (χ3v) is 5.30. The van der Waals surface area contributed by atoms with E-state index in [9.17, 15) is 4.79 Å². The van der Waals surface area contributed by atoms with Gasteiger partial charge in [0.2, 0.25) is 5.91 Å². The molecule has 1 atom stereocenters. The molecule has 0 aliphatic carbocycles. The summed E-state index contributed by atoms with van der Waals surface area (Å²) in [5.74, 6) is 0.222. The van der Waals surface area contributed by atoms with E-state index in [4.69, 9.17) is 11.6 Å². The van der Waals surface area contributed by atoms with Crippen molar-refractivity contribution in [3.8, 4) is 0 Å². The van der Waals surface area contributed by atoms with Crippen LogP contribution in [0, 0.1) is 0 Å². The fourth-order valence-electron chi connectivity index (χ4n) is 3.56. The number of piperazine rings is 1. The van der Waals surface area contributed by atoms with Crippen LogP contribution in [0.4, 0.5) is 0 Å². The van der Waals surface area contributed by atoms with Crippen molar-refractivity contribution in [3.05, 3.63) is 70.9 Å². The summed E-state index contributed by atoms with van der Waals surface area (Å²) < 4.78 is 0. The van der Waals surface area contributed by atoms with Gasteiger partial charge >= 0.3 is 0 Å². The standard InChI is InChI=1S/C21H22ClN3O/c22-18-5-3-16(4-6-18)20-14-25(12-11-24-20)21(26)8-2-15-1-7-19-17(13-15)9-10-23-19/h1,3-7,9-10,13,20,23-24H,2,8,11-12,14H2. The number of aryl methyl sites for hydroxylation is 1. The molecule has 1 aromatic heterocycles. The molecule has 2 heterocycles. The molecule has 26 heavy (non-hydrogen) atoms. The van der Waals surface area contributed by atoms with Gasteiger partial charge in [0, 0.05) is 48.8 Å². The number of carbonyl (C=O) groups excluding carboxylic acids is 1. The van der Waals surface area contributed by atoms with Crippen molar-refractivity contribution < 1.29 is 4.79 Å². The Morgan fingerprint density at radius 3 is 2.85 bits per heavy atom. The first-order valence-electron chi connectivity index (χ1n) is 9.02. The molecule has 4 rings (SSSR count). The second-order valence-electron chi connectivity index (χ2n) is 6.80. The number of halogens is 1. The highest BCUT2D eigenvalue weighted by Crippen LogP contribution is 2.21. The summed E-state index contributed by atoms with van der Waals surface area (Å²) in [4.78, 5) is 17.9. The number of carbonyl (C=O) groups is 1. The molecule has 0 spiro atoms. The minimum atomic E-state index is 0.168. The Labute approximate surface area is 158 Å². The molecule has 134 valence electrons. The lowest BCUT2D eigenvalue weighted by molar-refractivity contribution is -0.132. The van der Waals surface area contributed by atoms with E-state index >= 15 is 0 Å². The van der Waals surface area contributed by atoms with Gasteiger partial charge in [0.05, 0.1) is 0 Å². The van der Waals surface area contributed by atoms with Crippen LogP contribution in [0.5, 0.6) is 0 Å². The van der Waals surface area contributed by atoms with E-state index in [0.29, 0.717) is 13.0 Å². The second kappa shape index (κ2) is 7.52. The smallest absolute Gasteiger partial charge is 0.223 e. The molecule has 5 heteroatoms.